The summed E-state index contributed by atoms with van der Waals surface area (Å²) in [5.74, 6) is -0.452. The number of hydrogen-bond donors (Lipinski definition) is 1. The van der Waals surface area contributed by atoms with Crippen LogP contribution >= 0.6 is 0 Å². The van der Waals surface area contributed by atoms with Gasteiger partial charge in [0.2, 0.25) is 5.91 Å². The number of pyridine rings is 1. The SMILES string of the molecule is CCN(CC)Cc1ccc(N=CC2C(=O)Nc3ccc4ncccc4c32)cc1. The maximum Gasteiger partial charge on any atom is 0.237 e. The molecule has 1 unspecified atom stereocenters. The van der Waals surface area contributed by atoms with E-state index in [9.17, 15) is 4.79 Å². The number of aromatic nitrogens is 1. The van der Waals surface area contributed by atoms with Crippen LogP contribution in [0.2, 0.25) is 0 Å². The minimum Gasteiger partial charge on any atom is -0.325 e. The summed E-state index contributed by atoms with van der Waals surface area (Å²) in [7, 11) is 0. The lowest BCUT2D eigenvalue weighted by Gasteiger charge is -2.17. The summed E-state index contributed by atoms with van der Waals surface area (Å²) in [6, 6.07) is 16.0. The van der Waals surface area contributed by atoms with Crippen LogP contribution in [-0.4, -0.2) is 35.1 Å². The first-order valence-electron chi connectivity index (χ1n) is 9.73. The van der Waals surface area contributed by atoms with Crippen molar-refractivity contribution in [1.29, 1.82) is 0 Å². The Morgan fingerprint density at radius 2 is 1.89 bits per heavy atom. The fourth-order valence-electron chi connectivity index (χ4n) is 3.66. The van der Waals surface area contributed by atoms with Crippen LogP contribution in [0, 0.1) is 0 Å². The number of carbonyl (C=O) groups is 1. The second-order valence-electron chi connectivity index (χ2n) is 6.97. The molecule has 0 radical (unpaired) electrons. The summed E-state index contributed by atoms with van der Waals surface area (Å²) in [4.78, 5) is 23.9. The van der Waals surface area contributed by atoms with Gasteiger partial charge in [0.25, 0.3) is 0 Å². The number of fused-ring (bicyclic) bond motifs is 3. The summed E-state index contributed by atoms with van der Waals surface area (Å²) < 4.78 is 0. The molecule has 1 aliphatic rings. The lowest BCUT2D eigenvalue weighted by atomic mass is 9.97. The fourth-order valence-corrected chi connectivity index (χ4v) is 3.66. The van der Waals surface area contributed by atoms with Crippen molar-refractivity contribution >= 4 is 34.4 Å². The third-order valence-electron chi connectivity index (χ3n) is 5.29. The molecule has 1 aromatic heterocycles. The van der Waals surface area contributed by atoms with Crippen LogP contribution < -0.4 is 5.32 Å². The second-order valence-corrected chi connectivity index (χ2v) is 6.97. The molecule has 5 heteroatoms. The van der Waals surface area contributed by atoms with E-state index >= 15 is 0 Å². The molecule has 2 aromatic carbocycles. The van der Waals surface area contributed by atoms with Crippen molar-refractivity contribution in [3.8, 4) is 0 Å². The fraction of sp³-hybridized carbons (Fsp3) is 0.261. The van der Waals surface area contributed by atoms with Crippen LogP contribution in [0.4, 0.5) is 11.4 Å². The van der Waals surface area contributed by atoms with Crippen molar-refractivity contribution < 1.29 is 4.79 Å². The van der Waals surface area contributed by atoms with E-state index in [2.05, 4.69) is 46.2 Å². The lowest BCUT2D eigenvalue weighted by molar-refractivity contribution is -0.115. The number of nitrogens with zero attached hydrogens (tertiary/aromatic N) is 3. The molecule has 0 aliphatic carbocycles. The molecular weight excluding hydrogens is 348 g/mol. The Bertz CT molecular complexity index is 1020. The number of hydrogen-bond acceptors (Lipinski definition) is 4. The highest BCUT2D eigenvalue weighted by molar-refractivity contribution is 6.16. The summed E-state index contributed by atoms with van der Waals surface area (Å²) in [6.07, 6.45) is 3.51. The molecule has 5 nitrogen and oxygen atoms in total. The van der Waals surface area contributed by atoms with Gasteiger partial charge in [-0.15, -0.1) is 0 Å². The molecule has 0 bridgehead atoms. The van der Waals surface area contributed by atoms with E-state index in [1.165, 1.54) is 5.56 Å². The molecule has 28 heavy (non-hydrogen) atoms. The lowest BCUT2D eigenvalue weighted by Crippen LogP contribution is -2.21. The van der Waals surface area contributed by atoms with Crippen LogP contribution in [0.5, 0.6) is 0 Å². The molecule has 4 rings (SSSR count). The summed E-state index contributed by atoms with van der Waals surface area (Å²) in [5, 5.41) is 3.95. The van der Waals surface area contributed by atoms with Crippen molar-refractivity contribution in [1.82, 2.24) is 9.88 Å². The number of anilines is 1. The highest BCUT2D eigenvalue weighted by atomic mass is 16.2. The largest absolute Gasteiger partial charge is 0.325 e. The van der Waals surface area contributed by atoms with Gasteiger partial charge in [-0.3, -0.25) is 19.7 Å². The number of carbonyl (C=O) groups excluding carboxylic acids is 1. The average molecular weight is 372 g/mol. The highest BCUT2D eigenvalue weighted by Gasteiger charge is 2.31. The number of rotatable bonds is 6. The van der Waals surface area contributed by atoms with Crippen LogP contribution in [0.3, 0.4) is 0 Å². The molecule has 0 fully saturated rings. The third-order valence-corrected chi connectivity index (χ3v) is 5.29. The van der Waals surface area contributed by atoms with E-state index in [-0.39, 0.29) is 5.91 Å². The second kappa shape index (κ2) is 7.90. The Hall–Kier alpha value is -3.05. The van der Waals surface area contributed by atoms with Gasteiger partial charge in [-0.25, -0.2) is 0 Å². The van der Waals surface area contributed by atoms with E-state index in [1.54, 1.807) is 12.4 Å². The van der Waals surface area contributed by atoms with E-state index in [4.69, 9.17) is 0 Å². The van der Waals surface area contributed by atoms with Crippen LogP contribution in [0.15, 0.2) is 59.7 Å². The standard InChI is InChI=1S/C23H24N4O/c1-3-27(4-2)15-16-7-9-17(10-8-16)25-14-19-22-18-6-5-13-24-20(18)11-12-21(22)26-23(19)28/h5-14,19H,3-4,15H2,1-2H3,(H,26,28). The van der Waals surface area contributed by atoms with Crippen LogP contribution in [0.25, 0.3) is 10.9 Å². The molecule has 3 aromatic rings. The van der Waals surface area contributed by atoms with Crippen molar-refractivity contribution in [3.63, 3.8) is 0 Å². The molecule has 2 heterocycles. The minimum absolute atomic E-state index is 0.0479. The maximum absolute atomic E-state index is 12.5. The molecule has 0 saturated carbocycles. The first-order valence-corrected chi connectivity index (χ1v) is 9.73. The van der Waals surface area contributed by atoms with Gasteiger partial charge in [0.1, 0.15) is 5.92 Å². The highest BCUT2D eigenvalue weighted by Crippen LogP contribution is 2.37. The zero-order chi connectivity index (χ0) is 19.5. The average Bonchev–Trinajstić information content (AvgIpc) is 3.07. The Morgan fingerprint density at radius 1 is 1.11 bits per heavy atom. The van der Waals surface area contributed by atoms with E-state index in [0.717, 1.165) is 47.5 Å². The molecule has 142 valence electrons. The van der Waals surface area contributed by atoms with Gasteiger partial charge in [0.15, 0.2) is 0 Å². The van der Waals surface area contributed by atoms with Crippen molar-refractivity contribution in [2.45, 2.75) is 26.3 Å². The van der Waals surface area contributed by atoms with Crippen LogP contribution in [-0.2, 0) is 11.3 Å². The van der Waals surface area contributed by atoms with Gasteiger partial charge in [-0.2, -0.15) is 0 Å². The van der Waals surface area contributed by atoms with Gasteiger partial charge in [0, 0.05) is 35.6 Å². The van der Waals surface area contributed by atoms with E-state index in [0.29, 0.717) is 0 Å². The minimum atomic E-state index is -0.404. The Labute approximate surface area is 165 Å². The molecule has 1 N–H and O–H groups in total. The predicted octanol–water partition coefficient (Wildman–Crippen LogP) is 4.51. The zero-order valence-electron chi connectivity index (χ0n) is 16.2. The summed E-state index contributed by atoms with van der Waals surface area (Å²) in [5.41, 5.74) is 4.80. The monoisotopic (exact) mass is 372 g/mol. The molecule has 1 amide bonds. The van der Waals surface area contributed by atoms with Gasteiger partial charge in [-0.1, -0.05) is 32.0 Å². The predicted molar refractivity (Wildman–Crippen MR) is 114 cm³/mol. The van der Waals surface area contributed by atoms with Crippen LogP contribution in [0.1, 0.15) is 30.9 Å². The normalized spacial score (nSPS) is 16.1. The maximum atomic E-state index is 12.5. The number of nitrogens with one attached hydrogen (secondary N) is 1. The molecule has 0 spiro atoms. The quantitative estimate of drug-likeness (QED) is 0.648. The molecular formula is C23H24N4O. The Balaban J connectivity index is 1.58. The number of aliphatic imine (C=N–C) groups is 1. The first-order chi connectivity index (χ1) is 13.7. The third kappa shape index (κ3) is 3.53. The smallest absolute Gasteiger partial charge is 0.237 e. The zero-order valence-corrected chi connectivity index (χ0v) is 16.2. The number of amides is 1. The van der Waals surface area contributed by atoms with E-state index in [1.807, 2.05) is 36.4 Å². The molecule has 1 aliphatic heterocycles. The molecule has 1 atom stereocenters. The number of benzene rings is 2. The van der Waals surface area contributed by atoms with Gasteiger partial charge in [0.05, 0.1) is 11.2 Å². The Morgan fingerprint density at radius 3 is 2.64 bits per heavy atom. The van der Waals surface area contributed by atoms with Gasteiger partial charge < -0.3 is 5.32 Å². The van der Waals surface area contributed by atoms with Crippen molar-refractivity contribution in [2.75, 3.05) is 18.4 Å². The van der Waals surface area contributed by atoms with Crippen molar-refractivity contribution in [3.05, 3.63) is 65.9 Å². The van der Waals surface area contributed by atoms with Crippen molar-refractivity contribution in [2.24, 2.45) is 4.99 Å². The Kier molecular flexibility index (Phi) is 5.17. The summed E-state index contributed by atoms with van der Waals surface area (Å²) in [6.45, 7) is 7.36. The van der Waals surface area contributed by atoms with Gasteiger partial charge in [-0.05, 0) is 49.0 Å². The summed E-state index contributed by atoms with van der Waals surface area (Å²) >= 11 is 0. The van der Waals surface area contributed by atoms with E-state index < -0.39 is 5.92 Å². The van der Waals surface area contributed by atoms with Gasteiger partial charge >= 0.3 is 0 Å². The molecule has 0 saturated heterocycles. The topological polar surface area (TPSA) is 57.6 Å². The first kappa shape index (κ1) is 18.3.